The number of hydrogen-bond acceptors (Lipinski definition) is 5. The van der Waals surface area contributed by atoms with Gasteiger partial charge < -0.3 is 4.74 Å². The summed E-state index contributed by atoms with van der Waals surface area (Å²) in [7, 11) is -7.57. The quantitative estimate of drug-likeness (QED) is 0.708. The first-order valence-corrected chi connectivity index (χ1v) is 12.5. The van der Waals surface area contributed by atoms with Crippen LogP contribution >= 0.6 is 0 Å². The molecular weight excluding hydrogens is 431 g/mol. The van der Waals surface area contributed by atoms with Crippen LogP contribution in [0.25, 0.3) is 0 Å². The van der Waals surface area contributed by atoms with E-state index < -0.39 is 31.6 Å². The molecule has 7 nitrogen and oxygen atoms in total. The van der Waals surface area contributed by atoms with Gasteiger partial charge in [-0.3, -0.25) is 0 Å². The van der Waals surface area contributed by atoms with Crippen LogP contribution in [0.2, 0.25) is 0 Å². The summed E-state index contributed by atoms with van der Waals surface area (Å²) >= 11 is 0. The molecule has 0 bridgehead atoms. The van der Waals surface area contributed by atoms with Crippen LogP contribution in [-0.2, 0) is 24.8 Å². The van der Waals surface area contributed by atoms with E-state index in [1.807, 2.05) is 0 Å². The second kappa shape index (κ2) is 7.69. The average Bonchev–Trinajstić information content (AvgIpc) is 3.14. The maximum absolute atomic E-state index is 13.5. The fraction of sp³-hybridized carbons (Fsp3) is 0.400. The smallest absolute Gasteiger partial charge is 0.245 e. The summed E-state index contributed by atoms with van der Waals surface area (Å²) in [5.41, 5.74) is -0.803. The number of aryl methyl sites for hydroxylation is 1. The van der Waals surface area contributed by atoms with Crippen LogP contribution in [0.4, 0.5) is 4.39 Å². The molecule has 0 radical (unpaired) electrons. The molecule has 2 heterocycles. The number of halogens is 1. The van der Waals surface area contributed by atoms with Gasteiger partial charge in [-0.25, -0.2) is 21.2 Å². The lowest BCUT2D eigenvalue weighted by molar-refractivity contribution is -0.0806. The number of hydrogen-bond donors (Lipinski definition) is 0. The molecule has 2 fully saturated rings. The van der Waals surface area contributed by atoms with Gasteiger partial charge in [0.15, 0.2) is 0 Å². The van der Waals surface area contributed by atoms with E-state index in [9.17, 15) is 21.2 Å². The monoisotopic (exact) mass is 454 g/mol. The van der Waals surface area contributed by atoms with Crippen molar-refractivity contribution in [2.24, 2.45) is 0 Å². The number of sulfonamides is 2. The van der Waals surface area contributed by atoms with E-state index in [4.69, 9.17) is 4.74 Å². The maximum Gasteiger partial charge on any atom is 0.245 e. The van der Waals surface area contributed by atoms with Gasteiger partial charge in [0.2, 0.25) is 20.0 Å². The van der Waals surface area contributed by atoms with E-state index >= 15 is 0 Å². The van der Waals surface area contributed by atoms with E-state index in [2.05, 4.69) is 0 Å². The molecular formula is C20H23FN2O5S2. The van der Waals surface area contributed by atoms with Crippen molar-refractivity contribution in [3.05, 3.63) is 59.9 Å². The van der Waals surface area contributed by atoms with Gasteiger partial charge in [-0.2, -0.15) is 8.61 Å². The molecule has 1 spiro atoms. The standard InChI is InChI=1S/C20H23FN2O5S2/c1-16-15-18(7-8-19(16)21)29(24,25)22-11-9-20(10-12-22)23(13-14-28-20)30(26,27)17-5-3-2-4-6-17/h2-8,15H,9-14H2,1H3. The zero-order chi connectivity index (χ0) is 21.6. The van der Waals surface area contributed by atoms with Crippen LogP contribution in [-0.4, -0.2) is 57.4 Å². The lowest BCUT2D eigenvalue weighted by Gasteiger charge is -2.42. The number of rotatable bonds is 4. The highest BCUT2D eigenvalue weighted by Crippen LogP contribution is 2.39. The van der Waals surface area contributed by atoms with Gasteiger partial charge in [-0.15, -0.1) is 0 Å². The lowest BCUT2D eigenvalue weighted by atomic mass is 10.0. The predicted octanol–water partition coefficient (Wildman–Crippen LogP) is 2.34. The van der Waals surface area contributed by atoms with Gasteiger partial charge in [0.25, 0.3) is 0 Å². The Morgan fingerprint density at radius 2 is 1.57 bits per heavy atom. The molecule has 10 heteroatoms. The first-order valence-electron chi connectivity index (χ1n) is 9.65. The van der Waals surface area contributed by atoms with Crippen molar-refractivity contribution in [3.63, 3.8) is 0 Å². The number of piperidine rings is 1. The van der Waals surface area contributed by atoms with Crippen molar-refractivity contribution < 1.29 is 26.0 Å². The molecule has 0 aromatic heterocycles. The summed E-state index contributed by atoms with van der Waals surface area (Å²) < 4.78 is 74.4. The van der Waals surface area contributed by atoms with Crippen LogP contribution in [0.1, 0.15) is 18.4 Å². The Hall–Kier alpha value is -1.85. The van der Waals surface area contributed by atoms with Crippen molar-refractivity contribution >= 4 is 20.0 Å². The Kier molecular flexibility index (Phi) is 5.48. The minimum atomic E-state index is -3.81. The molecule has 30 heavy (non-hydrogen) atoms. The third-order valence-electron chi connectivity index (χ3n) is 5.72. The Bertz CT molecular complexity index is 1140. The summed E-state index contributed by atoms with van der Waals surface area (Å²) in [5, 5.41) is 0. The molecule has 162 valence electrons. The maximum atomic E-state index is 13.5. The molecule has 0 unspecified atom stereocenters. The summed E-state index contributed by atoms with van der Waals surface area (Å²) in [6.07, 6.45) is 0.441. The normalized spacial score (nSPS) is 20.6. The first kappa shape index (κ1) is 21.4. The van der Waals surface area contributed by atoms with E-state index in [0.29, 0.717) is 0 Å². The van der Waals surface area contributed by atoms with Crippen LogP contribution in [0.15, 0.2) is 58.3 Å². The van der Waals surface area contributed by atoms with Gasteiger partial charge >= 0.3 is 0 Å². The van der Waals surface area contributed by atoms with Crippen molar-refractivity contribution in [1.29, 1.82) is 0 Å². The van der Waals surface area contributed by atoms with E-state index in [-0.39, 0.29) is 54.4 Å². The lowest BCUT2D eigenvalue weighted by Crippen LogP contribution is -2.55. The van der Waals surface area contributed by atoms with Crippen LogP contribution in [0.5, 0.6) is 0 Å². The average molecular weight is 455 g/mol. The molecule has 0 aliphatic carbocycles. The Labute approximate surface area is 176 Å². The molecule has 2 aliphatic rings. The Balaban J connectivity index is 1.56. The molecule has 2 saturated heterocycles. The van der Waals surface area contributed by atoms with Gasteiger partial charge in [-0.05, 0) is 42.8 Å². The highest BCUT2D eigenvalue weighted by molar-refractivity contribution is 7.89. The first-order chi connectivity index (χ1) is 14.2. The van der Waals surface area contributed by atoms with Gasteiger partial charge in [0.05, 0.1) is 16.4 Å². The second-order valence-corrected chi connectivity index (χ2v) is 11.3. The summed E-state index contributed by atoms with van der Waals surface area (Å²) in [5.74, 6) is -0.465. The zero-order valence-corrected chi connectivity index (χ0v) is 18.1. The van der Waals surface area contributed by atoms with Crippen LogP contribution < -0.4 is 0 Å². The van der Waals surface area contributed by atoms with Crippen molar-refractivity contribution in [2.75, 3.05) is 26.2 Å². The molecule has 2 aliphatic heterocycles. The molecule has 0 amide bonds. The number of benzene rings is 2. The zero-order valence-electron chi connectivity index (χ0n) is 16.5. The van der Waals surface area contributed by atoms with Crippen LogP contribution in [0.3, 0.4) is 0 Å². The minimum absolute atomic E-state index is 0.0263. The molecule has 4 rings (SSSR count). The van der Waals surface area contributed by atoms with Crippen molar-refractivity contribution in [2.45, 2.75) is 35.3 Å². The van der Waals surface area contributed by atoms with E-state index in [1.165, 1.54) is 39.8 Å². The highest BCUT2D eigenvalue weighted by atomic mass is 32.2. The molecule has 0 saturated carbocycles. The number of nitrogens with zero attached hydrogens (tertiary/aromatic N) is 2. The second-order valence-electron chi connectivity index (χ2n) is 7.50. The van der Waals surface area contributed by atoms with Crippen molar-refractivity contribution in [1.82, 2.24) is 8.61 Å². The largest absolute Gasteiger partial charge is 0.358 e. The topological polar surface area (TPSA) is 84.0 Å². The third-order valence-corrected chi connectivity index (χ3v) is 9.58. The van der Waals surface area contributed by atoms with Gasteiger partial charge in [0, 0.05) is 32.5 Å². The molecule has 0 N–H and O–H groups in total. The van der Waals surface area contributed by atoms with Gasteiger partial charge in [0.1, 0.15) is 11.5 Å². The minimum Gasteiger partial charge on any atom is -0.358 e. The van der Waals surface area contributed by atoms with Crippen molar-refractivity contribution in [3.8, 4) is 0 Å². The highest BCUT2D eigenvalue weighted by Gasteiger charge is 2.51. The fourth-order valence-corrected chi connectivity index (χ4v) is 7.32. The van der Waals surface area contributed by atoms with E-state index in [1.54, 1.807) is 18.2 Å². The predicted molar refractivity (Wildman–Crippen MR) is 108 cm³/mol. The summed E-state index contributed by atoms with van der Waals surface area (Å²) in [6, 6.07) is 11.9. The molecule has 2 aromatic rings. The Morgan fingerprint density at radius 3 is 2.20 bits per heavy atom. The molecule has 0 atom stereocenters. The fourth-order valence-electron chi connectivity index (χ4n) is 4.05. The summed E-state index contributed by atoms with van der Waals surface area (Å²) in [6.45, 7) is 2.22. The number of ether oxygens (including phenoxy) is 1. The Morgan fingerprint density at radius 1 is 0.900 bits per heavy atom. The van der Waals surface area contributed by atoms with Gasteiger partial charge in [-0.1, -0.05) is 18.2 Å². The van der Waals surface area contributed by atoms with Crippen LogP contribution in [0, 0.1) is 12.7 Å². The summed E-state index contributed by atoms with van der Waals surface area (Å²) in [4.78, 5) is 0.213. The SMILES string of the molecule is Cc1cc(S(=O)(=O)N2CCC3(CC2)OCCN3S(=O)(=O)c2ccccc2)ccc1F. The third kappa shape index (κ3) is 3.56. The molecule has 2 aromatic carbocycles. The van der Waals surface area contributed by atoms with E-state index in [0.717, 1.165) is 6.07 Å².